The number of carboxylic acid groups (broad SMARTS) is 1. The maximum Gasteiger partial charge on any atom is 0.303 e. The van der Waals surface area contributed by atoms with Gasteiger partial charge in [0.15, 0.2) is 0 Å². The summed E-state index contributed by atoms with van der Waals surface area (Å²) in [6, 6.07) is 13.5. The molecule has 0 spiro atoms. The lowest BCUT2D eigenvalue weighted by Crippen LogP contribution is -2.63. The molecule has 0 aliphatic heterocycles. The molecule has 1 heterocycles. The van der Waals surface area contributed by atoms with Crippen molar-refractivity contribution in [3.05, 3.63) is 95.9 Å². The number of halogens is 1. The summed E-state index contributed by atoms with van der Waals surface area (Å²) in [5, 5.41) is 28.8. The Labute approximate surface area is 439 Å². The number of amides is 8. The van der Waals surface area contributed by atoms with Gasteiger partial charge in [-0.3, -0.25) is 43.2 Å². The molecule has 1 aromatic heterocycles. The molecule has 22 heteroatoms. The fourth-order valence-corrected chi connectivity index (χ4v) is 8.84. The number of primary amides is 1. The average Bonchev–Trinajstić information content (AvgIpc) is 4.06. The number of fused-ring (bicyclic) bond motifs is 1. The first kappa shape index (κ1) is 58.4. The minimum Gasteiger partial charge on any atom is -0.497 e. The molecular formula is C53H68FN9O11S. The van der Waals surface area contributed by atoms with Crippen LogP contribution in [0.1, 0.15) is 84.3 Å². The summed E-state index contributed by atoms with van der Waals surface area (Å²) in [5.41, 5.74) is 4.45. The average molecular weight is 1060 g/mol. The summed E-state index contributed by atoms with van der Waals surface area (Å²) in [6.07, 6.45) is 2.94. The number of rotatable bonds is 28. The van der Waals surface area contributed by atoms with E-state index in [9.17, 15) is 52.6 Å². The van der Waals surface area contributed by atoms with Crippen LogP contribution in [0.3, 0.4) is 0 Å². The highest BCUT2D eigenvalue weighted by Gasteiger charge is 2.52. The molecule has 20 nitrogen and oxygen atoms in total. The molecule has 8 amide bonds. The molecule has 75 heavy (non-hydrogen) atoms. The van der Waals surface area contributed by atoms with E-state index in [0.717, 1.165) is 5.56 Å². The Hall–Kier alpha value is -7.49. The topological polar surface area (TPSA) is 298 Å². The van der Waals surface area contributed by atoms with Crippen molar-refractivity contribution < 1.29 is 57.4 Å². The zero-order valence-electron chi connectivity index (χ0n) is 43.2. The predicted molar refractivity (Wildman–Crippen MR) is 280 cm³/mol. The van der Waals surface area contributed by atoms with Gasteiger partial charge < -0.3 is 57.4 Å². The van der Waals surface area contributed by atoms with Crippen molar-refractivity contribution in [2.45, 2.75) is 127 Å². The molecule has 3 aromatic carbocycles. The van der Waals surface area contributed by atoms with Gasteiger partial charge in [-0.1, -0.05) is 44.2 Å². The normalized spacial score (nSPS) is 14.7. The van der Waals surface area contributed by atoms with Gasteiger partial charge in [-0.05, 0) is 117 Å². The number of aromatic nitrogens is 1. The number of methoxy groups -OCH3 is 1. The molecule has 0 radical (unpaired) electrons. The highest BCUT2D eigenvalue weighted by atomic mass is 32.2. The van der Waals surface area contributed by atoms with Gasteiger partial charge in [0.1, 0.15) is 52.9 Å². The number of aliphatic carboxylic acids is 1. The minimum atomic E-state index is -1.80. The maximum atomic E-state index is 14.9. The van der Waals surface area contributed by atoms with Crippen molar-refractivity contribution in [2.75, 3.05) is 19.1 Å². The van der Waals surface area contributed by atoms with Crippen LogP contribution >= 0.6 is 11.8 Å². The number of hydrogen-bond donors (Lipinski definition) is 9. The van der Waals surface area contributed by atoms with Crippen molar-refractivity contribution >= 4 is 75.9 Å². The van der Waals surface area contributed by atoms with Crippen LogP contribution in [-0.2, 0) is 56.0 Å². The molecule has 5 rings (SSSR count). The highest BCUT2D eigenvalue weighted by Crippen LogP contribution is 2.36. The molecular weight excluding hydrogens is 990 g/mol. The molecule has 1 fully saturated rings. The number of ether oxygens (including phenoxy) is 1. The van der Waals surface area contributed by atoms with Gasteiger partial charge in [0.25, 0.3) is 0 Å². The molecule has 4 aromatic rings. The number of carbonyl (C=O) groups is 9. The molecule has 1 aliphatic carbocycles. The second-order valence-electron chi connectivity index (χ2n) is 19.6. The Morgan fingerprint density at radius 2 is 1.41 bits per heavy atom. The van der Waals surface area contributed by atoms with Gasteiger partial charge in [-0.2, -0.15) is 11.8 Å². The third-order valence-electron chi connectivity index (χ3n) is 12.7. The first-order valence-corrected chi connectivity index (χ1v) is 26.0. The van der Waals surface area contributed by atoms with Gasteiger partial charge in [-0.15, -0.1) is 0 Å². The molecule has 0 bridgehead atoms. The lowest BCUT2D eigenvalue weighted by Gasteiger charge is -2.31. The summed E-state index contributed by atoms with van der Waals surface area (Å²) >= 11 is 1.41. The quantitative estimate of drug-likeness (QED) is 0.0397. The lowest BCUT2D eigenvalue weighted by atomic mass is 9.99. The summed E-state index contributed by atoms with van der Waals surface area (Å²) in [4.78, 5) is 121. The number of carboxylic acids is 1. The Morgan fingerprint density at radius 3 is 1.97 bits per heavy atom. The number of thioether (sulfide) groups is 1. The van der Waals surface area contributed by atoms with E-state index in [0.29, 0.717) is 33.7 Å². The van der Waals surface area contributed by atoms with E-state index in [1.807, 2.05) is 26.2 Å². The first-order valence-electron chi connectivity index (χ1n) is 24.6. The maximum absolute atomic E-state index is 14.9. The molecule has 10 N–H and O–H groups in total. The van der Waals surface area contributed by atoms with Crippen LogP contribution in [0.15, 0.2) is 79.0 Å². The van der Waals surface area contributed by atoms with E-state index in [1.54, 1.807) is 59.3 Å². The van der Waals surface area contributed by atoms with E-state index < -0.39 is 113 Å². The zero-order valence-corrected chi connectivity index (χ0v) is 44.0. The van der Waals surface area contributed by atoms with E-state index >= 15 is 0 Å². The number of benzene rings is 3. The van der Waals surface area contributed by atoms with Crippen LogP contribution in [0.25, 0.3) is 16.6 Å². The second-order valence-corrected chi connectivity index (χ2v) is 20.6. The first-order chi connectivity index (χ1) is 35.4. The third kappa shape index (κ3) is 16.5. The zero-order chi connectivity index (χ0) is 55.2. The summed E-state index contributed by atoms with van der Waals surface area (Å²) < 4.78 is 21.9. The Kier molecular flexibility index (Phi) is 20.3. The fraction of sp³-hybridized carbons (Fsp3) is 0.453. The number of hydrogen-bond acceptors (Lipinski definition) is 11. The number of carbonyl (C=O) groups excluding carboxylic acids is 8. The van der Waals surface area contributed by atoms with Crippen LogP contribution in [0, 0.1) is 11.7 Å². The van der Waals surface area contributed by atoms with Gasteiger partial charge in [0.05, 0.1) is 12.6 Å². The highest BCUT2D eigenvalue weighted by molar-refractivity contribution is 7.98. The number of nitrogens with one attached hydrogen (secondary N) is 7. The van der Waals surface area contributed by atoms with Crippen LogP contribution in [0.4, 0.5) is 4.39 Å². The summed E-state index contributed by atoms with van der Waals surface area (Å²) in [6.45, 7) is 7.70. The van der Waals surface area contributed by atoms with Crippen molar-refractivity contribution in [2.24, 2.45) is 11.7 Å². The predicted octanol–water partition coefficient (Wildman–Crippen LogP) is 2.70. The van der Waals surface area contributed by atoms with E-state index in [-0.39, 0.29) is 44.4 Å². The van der Waals surface area contributed by atoms with Crippen LogP contribution in [0.5, 0.6) is 5.75 Å². The monoisotopic (exact) mass is 1060 g/mol. The van der Waals surface area contributed by atoms with Gasteiger partial charge in [0.2, 0.25) is 47.3 Å². The van der Waals surface area contributed by atoms with E-state index in [2.05, 4.69) is 37.2 Å². The molecule has 0 saturated heterocycles. The summed E-state index contributed by atoms with van der Waals surface area (Å²) in [7, 11) is 1.51. The van der Waals surface area contributed by atoms with Gasteiger partial charge >= 0.3 is 5.97 Å². The molecule has 1 saturated carbocycles. The van der Waals surface area contributed by atoms with Crippen molar-refractivity contribution in [3.63, 3.8) is 0 Å². The van der Waals surface area contributed by atoms with Crippen molar-refractivity contribution in [3.8, 4) is 11.4 Å². The Balaban J connectivity index is 1.46. The SMILES string of the molecule is COc1ccc(-n2cc(C[C@H](NC(=O)C(C)(C)NC(=O)[C@H](CCSC)NC(=O)[C@H](Cc3ccccc3)NC(C)=O)C(=O)N[C@@H](CCC(=O)O)C(=O)NC3(C(=O)N[C@@H](CC(C)C)C(N)=O)CC3)c3ccc(F)cc32)cc1. The molecule has 1 aliphatic rings. The molecule has 5 atom stereocenters. The fourth-order valence-electron chi connectivity index (χ4n) is 8.37. The standard InChI is InChI=1S/C53H68FN9O11S/c1-30(2)25-40(45(55)67)59-51(73)53(22-23-53)62-49(71)38(19-20-44(65)66)57-47(69)42(27-33-29-63(35-14-16-36(74-6)17-15-35)43-28-34(54)13-18-37(33)43)60-50(72)52(4,5)61-48(70)39(21-24-75-7)58-46(68)41(56-31(3)64)26-32-11-9-8-10-12-32/h8-18,28-30,38-42H,19-27H2,1-7H3,(H2,55,67)(H,56,64)(H,57,69)(H,58,68)(H,59,73)(H,60,72)(H,61,70)(H,62,71)(H,65,66)/t38-,39-,40-,41-,42-/m0/s1. The minimum absolute atomic E-state index is 0.0196. The van der Waals surface area contributed by atoms with Gasteiger partial charge in [-0.25, -0.2) is 4.39 Å². The van der Waals surface area contributed by atoms with Crippen LogP contribution < -0.4 is 47.7 Å². The number of nitrogens with two attached hydrogens (primary N) is 1. The molecule has 404 valence electrons. The lowest BCUT2D eigenvalue weighted by molar-refractivity contribution is -0.139. The molecule has 0 unspecified atom stereocenters. The van der Waals surface area contributed by atoms with Crippen LogP contribution in [-0.4, -0.2) is 123 Å². The van der Waals surface area contributed by atoms with Gasteiger partial charge in [0, 0.05) is 43.5 Å². The third-order valence-corrected chi connectivity index (χ3v) is 13.3. The van der Waals surface area contributed by atoms with Crippen LogP contribution in [0.2, 0.25) is 0 Å². The number of nitrogens with zero attached hydrogens (tertiary/aromatic N) is 1. The summed E-state index contributed by atoms with van der Waals surface area (Å²) in [5.74, 6) is -6.98. The van der Waals surface area contributed by atoms with E-state index in [1.165, 1.54) is 57.8 Å². The van der Waals surface area contributed by atoms with Crippen molar-refractivity contribution in [1.82, 2.24) is 41.8 Å². The Morgan fingerprint density at radius 1 is 0.787 bits per heavy atom. The second kappa shape index (κ2) is 26.1. The smallest absolute Gasteiger partial charge is 0.303 e. The largest absolute Gasteiger partial charge is 0.497 e. The van der Waals surface area contributed by atoms with Crippen molar-refractivity contribution in [1.29, 1.82) is 0 Å². The Bertz CT molecular complexity index is 2730. The van der Waals surface area contributed by atoms with E-state index in [4.69, 9.17) is 10.5 Å².